The van der Waals surface area contributed by atoms with Gasteiger partial charge in [0.15, 0.2) is 0 Å². The summed E-state index contributed by atoms with van der Waals surface area (Å²) in [5.41, 5.74) is 3.43. The Kier molecular flexibility index (Phi) is 5.94. The Labute approximate surface area is 194 Å². The van der Waals surface area contributed by atoms with Crippen molar-refractivity contribution >= 4 is 22.7 Å². The van der Waals surface area contributed by atoms with Crippen LogP contribution in [-0.2, 0) is 9.53 Å². The predicted molar refractivity (Wildman–Crippen MR) is 128 cm³/mol. The second-order valence-corrected chi connectivity index (χ2v) is 9.32. The van der Waals surface area contributed by atoms with Gasteiger partial charge in [-0.2, -0.15) is 0 Å². The number of piperidine rings is 1. The molecular weight excluding hydrogens is 414 g/mol. The summed E-state index contributed by atoms with van der Waals surface area (Å²) < 4.78 is 5.36. The van der Waals surface area contributed by atoms with E-state index in [2.05, 4.69) is 18.0 Å². The molecule has 0 saturated carbocycles. The van der Waals surface area contributed by atoms with Crippen molar-refractivity contribution in [2.24, 2.45) is 5.92 Å². The Balaban J connectivity index is 1.68. The fourth-order valence-electron chi connectivity index (χ4n) is 5.56. The Morgan fingerprint density at radius 3 is 2.73 bits per heavy atom. The van der Waals surface area contributed by atoms with Crippen molar-refractivity contribution in [1.29, 1.82) is 0 Å². The topological polar surface area (TPSA) is 65.6 Å². The summed E-state index contributed by atoms with van der Waals surface area (Å²) in [4.78, 5) is 35.1. The number of hydrogen-bond acceptors (Lipinski definition) is 3. The SMILES string of the molecule is COCCN1C(=O)c2ccccc2[C@H](C(=O)N2CCC[C@H](C)C2)[C@@H]1c1c[nH]c2ccccc12. The highest BCUT2D eigenvalue weighted by Gasteiger charge is 2.46. The molecule has 0 unspecified atom stereocenters. The van der Waals surface area contributed by atoms with Crippen molar-refractivity contribution in [3.63, 3.8) is 0 Å². The lowest BCUT2D eigenvalue weighted by atomic mass is 9.78. The van der Waals surface area contributed by atoms with Gasteiger partial charge >= 0.3 is 0 Å². The molecule has 1 aromatic heterocycles. The molecule has 0 bridgehead atoms. The first-order chi connectivity index (χ1) is 16.1. The standard InChI is InChI=1S/C27H31N3O3/c1-18-8-7-13-29(17-18)27(32)24-20-10-3-4-11-21(20)26(31)30(14-15-33-2)25(24)22-16-28-23-12-6-5-9-19(22)23/h3-6,9-12,16,18,24-25,28H,7-8,13-15,17H2,1-2H3/t18-,24-,25-/m0/s1. The van der Waals surface area contributed by atoms with Crippen LogP contribution in [0, 0.1) is 5.92 Å². The minimum absolute atomic E-state index is 0.0472. The number of benzene rings is 2. The summed E-state index contributed by atoms with van der Waals surface area (Å²) in [5.74, 6) is 0.0905. The van der Waals surface area contributed by atoms with Crippen LogP contribution in [0.15, 0.2) is 54.7 Å². The molecule has 0 aliphatic carbocycles. The zero-order valence-corrected chi connectivity index (χ0v) is 19.3. The van der Waals surface area contributed by atoms with Crippen LogP contribution in [-0.4, -0.2) is 59.9 Å². The van der Waals surface area contributed by atoms with Gasteiger partial charge < -0.3 is 19.5 Å². The van der Waals surface area contributed by atoms with Crippen molar-refractivity contribution in [1.82, 2.24) is 14.8 Å². The monoisotopic (exact) mass is 445 g/mol. The van der Waals surface area contributed by atoms with Crippen molar-refractivity contribution in [3.8, 4) is 0 Å². The number of aromatic nitrogens is 1. The summed E-state index contributed by atoms with van der Waals surface area (Å²) >= 11 is 0. The number of ether oxygens (including phenoxy) is 1. The molecule has 2 amide bonds. The molecule has 2 aliphatic rings. The second-order valence-electron chi connectivity index (χ2n) is 9.32. The number of fused-ring (bicyclic) bond motifs is 2. The lowest BCUT2D eigenvalue weighted by molar-refractivity contribution is -0.136. The zero-order valence-electron chi connectivity index (χ0n) is 19.3. The van der Waals surface area contributed by atoms with E-state index in [4.69, 9.17) is 4.74 Å². The van der Waals surface area contributed by atoms with Gasteiger partial charge in [0.05, 0.1) is 18.6 Å². The van der Waals surface area contributed by atoms with Gasteiger partial charge in [-0.1, -0.05) is 43.3 Å². The third-order valence-corrected chi connectivity index (χ3v) is 7.15. The number of H-pyrrole nitrogens is 1. The highest BCUT2D eigenvalue weighted by molar-refractivity contribution is 6.02. The Bertz CT molecular complexity index is 1170. The molecule has 2 aromatic carbocycles. The average Bonchev–Trinajstić information content (AvgIpc) is 3.27. The number of nitrogens with one attached hydrogen (secondary N) is 1. The molecule has 172 valence electrons. The molecule has 0 spiro atoms. The van der Waals surface area contributed by atoms with E-state index in [1.165, 1.54) is 0 Å². The Morgan fingerprint density at radius 1 is 1.12 bits per heavy atom. The number of carbonyl (C=O) groups excluding carboxylic acids is 2. The molecule has 5 rings (SSSR count). The molecule has 6 nitrogen and oxygen atoms in total. The van der Waals surface area contributed by atoms with Crippen LogP contribution in [0.1, 0.15) is 53.2 Å². The molecule has 1 N–H and O–H groups in total. The van der Waals surface area contributed by atoms with Gasteiger partial charge in [0.1, 0.15) is 0 Å². The maximum atomic E-state index is 14.2. The maximum Gasteiger partial charge on any atom is 0.254 e. The molecule has 3 heterocycles. The molecule has 0 radical (unpaired) electrons. The molecule has 2 aliphatic heterocycles. The quantitative estimate of drug-likeness (QED) is 0.635. The van der Waals surface area contributed by atoms with Gasteiger partial charge in [-0.25, -0.2) is 0 Å². The van der Waals surface area contributed by atoms with Gasteiger partial charge in [0.25, 0.3) is 5.91 Å². The molecule has 3 atom stereocenters. The first-order valence-corrected chi connectivity index (χ1v) is 11.8. The van der Waals surface area contributed by atoms with Crippen LogP contribution in [0.4, 0.5) is 0 Å². The van der Waals surface area contributed by atoms with Crippen LogP contribution in [0.3, 0.4) is 0 Å². The van der Waals surface area contributed by atoms with Crippen LogP contribution >= 0.6 is 0 Å². The maximum absolute atomic E-state index is 14.2. The number of nitrogens with zero attached hydrogens (tertiary/aromatic N) is 2. The van der Waals surface area contributed by atoms with E-state index in [-0.39, 0.29) is 11.8 Å². The van der Waals surface area contributed by atoms with Crippen molar-refractivity contribution in [2.45, 2.75) is 31.7 Å². The van der Waals surface area contributed by atoms with E-state index >= 15 is 0 Å². The lowest BCUT2D eigenvalue weighted by Crippen LogP contribution is -2.50. The minimum atomic E-state index is -0.458. The summed E-state index contributed by atoms with van der Waals surface area (Å²) in [6.45, 7) is 4.58. The highest BCUT2D eigenvalue weighted by Crippen LogP contribution is 2.45. The van der Waals surface area contributed by atoms with Gasteiger partial charge in [-0.3, -0.25) is 9.59 Å². The summed E-state index contributed by atoms with van der Waals surface area (Å²) in [5, 5.41) is 1.04. The largest absolute Gasteiger partial charge is 0.383 e. The van der Waals surface area contributed by atoms with Crippen LogP contribution < -0.4 is 0 Å². The van der Waals surface area contributed by atoms with E-state index in [0.29, 0.717) is 24.6 Å². The minimum Gasteiger partial charge on any atom is -0.383 e. The Morgan fingerprint density at radius 2 is 1.91 bits per heavy atom. The van der Waals surface area contributed by atoms with Crippen molar-refractivity contribution in [2.75, 3.05) is 33.4 Å². The van der Waals surface area contributed by atoms with Crippen molar-refractivity contribution in [3.05, 3.63) is 71.4 Å². The first-order valence-electron chi connectivity index (χ1n) is 11.8. The van der Waals surface area contributed by atoms with Crippen LogP contribution in [0.2, 0.25) is 0 Å². The zero-order chi connectivity index (χ0) is 22.9. The van der Waals surface area contributed by atoms with Crippen molar-refractivity contribution < 1.29 is 14.3 Å². The number of para-hydroxylation sites is 1. The highest BCUT2D eigenvalue weighted by atomic mass is 16.5. The number of aromatic amines is 1. The molecule has 33 heavy (non-hydrogen) atoms. The summed E-state index contributed by atoms with van der Waals surface area (Å²) in [6, 6.07) is 15.3. The van der Waals surface area contributed by atoms with Gasteiger partial charge in [0, 0.05) is 55.0 Å². The van der Waals surface area contributed by atoms with E-state index in [0.717, 1.165) is 48.0 Å². The van der Waals surface area contributed by atoms with Gasteiger partial charge in [-0.15, -0.1) is 0 Å². The van der Waals surface area contributed by atoms with Crippen LogP contribution in [0.25, 0.3) is 10.9 Å². The molecule has 6 heteroatoms. The van der Waals surface area contributed by atoms with E-state index in [1.54, 1.807) is 7.11 Å². The van der Waals surface area contributed by atoms with E-state index in [9.17, 15) is 9.59 Å². The fourth-order valence-corrected chi connectivity index (χ4v) is 5.56. The number of hydrogen-bond donors (Lipinski definition) is 1. The van der Waals surface area contributed by atoms with Crippen LogP contribution in [0.5, 0.6) is 0 Å². The summed E-state index contributed by atoms with van der Waals surface area (Å²) in [6.07, 6.45) is 4.14. The number of likely N-dealkylation sites (tertiary alicyclic amines) is 1. The van der Waals surface area contributed by atoms with E-state index in [1.807, 2.05) is 58.5 Å². The fraction of sp³-hybridized carbons (Fsp3) is 0.407. The third-order valence-electron chi connectivity index (χ3n) is 7.15. The third kappa shape index (κ3) is 3.82. The van der Waals surface area contributed by atoms with Gasteiger partial charge in [0.2, 0.25) is 5.91 Å². The number of carbonyl (C=O) groups is 2. The average molecular weight is 446 g/mol. The Hall–Kier alpha value is -3.12. The van der Waals surface area contributed by atoms with E-state index < -0.39 is 12.0 Å². The molecule has 1 saturated heterocycles. The molecule has 1 fully saturated rings. The summed E-state index contributed by atoms with van der Waals surface area (Å²) in [7, 11) is 1.64. The smallest absolute Gasteiger partial charge is 0.254 e. The first kappa shape index (κ1) is 21.7. The molecule has 3 aromatic rings. The number of rotatable bonds is 5. The van der Waals surface area contributed by atoms with Gasteiger partial charge in [-0.05, 0) is 36.5 Å². The molecular formula is C27H31N3O3. The number of methoxy groups -OCH3 is 1. The lowest BCUT2D eigenvalue weighted by Gasteiger charge is -2.44. The second kappa shape index (κ2) is 9.02. The normalized spacial score (nSPS) is 23.1. The predicted octanol–water partition coefficient (Wildman–Crippen LogP) is 4.35. The number of amides is 2.